The molecular weight excluding hydrogens is 442 g/mol. The van der Waals surface area contributed by atoms with Gasteiger partial charge in [-0.05, 0) is 56.5 Å². The molecular formula is C28H25N3O4. The predicted molar refractivity (Wildman–Crippen MR) is 135 cm³/mol. The first-order chi connectivity index (χ1) is 17.1. The number of hydrogen-bond acceptors (Lipinski definition) is 7. The first kappa shape index (κ1) is 21.4. The van der Waals surface area contributed by atoms with Crippen LogP contribution in [0.25, 0.3) is 22.2 Å². The second-order valence-corrected chi connectivity index (χ2v) is 9.16. The van der Waals surface area contributed by atoms with E-state index in [1.807, 2.05) is 42.5 Å². The Labute approximate surface area is 202 Å². The molecule has 1 atom stereocenters. The van der Waals surface area contributed by atoms with Crippen molar-refractivity contribution in [2.75, 3.05) is 23.9 Å². The number of nitrogens with one attached hydrogen (secondary N) is 1. The quantitative estimate of drug-likeness (QED) is 0.327. The molecule has 176 valence electrons. The predicted octanol–water partition coefficient (Wildman–Crippen LogP) is 5.95. The van der Waals surface area contributed by atoms with Gasteiger partial charge >= 0.3 is 5.97 Å². The average Bonchev–Trinajstić information content (AvgIpc) is 3.33. The maximum Gasteiger partial charge on any atom is 0.337 e. The summed E-state index contributed by atoms with van der Waals surface area (Å²) in [5.41, 5.74) is 5.52. The minimum Gasteiger partial charge on any atom is -0.465 e. The zero-order valence-corrected chi connectivity index (χ0v) is 19.6. The van der Waals surface area contributed by atoms with Gasteiger partial charge in [-0.2, -0.15) is 0 Å². The van der Waals surface area contributed by atoms with E-state index in [2.05, 4.69) is 22.3 Å². The fraction of sp³-hybridized carbons (Fsp3) is 0.250. The molecule has 0 radical (unpaired) electrons. The smallest absolute Gasteiger partial charge is 0.337 e. The highest BCUT2D eigenvalue weighted by Gasteiger charge is 2.34. The number of rotatable bonds is 4. The molecule has 0 bridgehead atoms. The second-order valence-electron chi connectivity index (χ2n) is 9.16. The average molecular weight is 468 g/mol. The van der Waals surface area contributed by atoms with Crippen LogP contribution in [0, 0.1) is 0 Å². The van der Waals surface area contributed by atoms with Crippen LogP contribution in [-0.4, -0.2) is 36.6 Å². The van der Waals surface area contributed by atoms with Crippen molar-refractivity contribution in [1.82, 2.24) is 5.16 Å². The van der Waals surface area contributed by atoms with Gasteiger partial charge < -0.3 is 19.5 Å². The molecule has 0 unspecified atom stereocenters. The standard InChI is InChI=1S/C28H25N3O4/c1-16-7-5-6-14-31(16)22-15-21(29-18-12-10-17(11-13-18)28(33)34-2)23-24-25(22)30-35-27(24)20-9-4-3-8-19(20)26(23)32/h3-4,8-13,15-16,29H,5-7,14H2,1-2H3/t16-/m0/s1. The Bertz CT molecular complexity index is 1470. The molecule has 7 nitrogen and oxygen atoms in total. The van der Waals surface area contributed by atoms with Crippen LogP contribution < -0.4 is 10.2 Å². The number of benzene rings is 3. The van der Waals surface area contributed by atoms with E-state index in [9.17, 15) is 9.59 Å². The van der Waals surface area contributed by atoms with E-state index in [-0.39, 0.29) is 5.78 Å². The third kappa shape index (κ3) is 3.38. The van der Waals surface area contributed by atoms with Gasteiger partial charge in [-0.1, -0.05) is 29.4 Å². The molecule has 35 heavy (non-hydrogen) atoms. The number of piperidine rings is 1. The normalized spacial score (nSPS) is 16.8. The minimum atomic E-state index is -0.393. The Kier molecular flexibility index (Phi) is 5.06. The number of fused-ring (bicyclic) bond motifs is 2. The van der Waals surface area contributed by atoms with Gasteiger partial charge in [0.1, 0.15) is 5.52 Å². The maximum atomic E-state index is 13.8. The van der Waals surface area contributed by atoms with E-state index in [0.29, 0.717) is 34.2 Å². The summed E-state index contributed by atoms with van der Waals surface area (Å²) in [4.78, 5) is 28.0. The minimum absolute atomic E-state index is 0.0618. The molecule has 7 heteroatoms. The molecule has 1 aromatic heterocycles. The molecule has 0 spiro atoms. The summed E-state index contributed by atoms with van der Waals surface area (Å²) in [7, 11) is 1.36. The molecule has 1 saturated heterocycles. The van der Waals surface area contributed by atoms with Crippen LogP contribution in [0.15, 0.2) is 59.1 Å². The first-order valence-corrected chi connectivity index (χ1v) is 11.9. The van der Waals surface area contributed by atoms with Crippen LogP contribution in [0.3, 0.4) is 0 Å². The zero-order valence-electron chi connectivity index (χ0n) is 19.6. The molecule has 4 aromatic rings. The van der Waals surface area contributed by atoms with E-state index < -0.39 is 5.97 Å². The third-order valence-corrected chi connectivity index (χ3v) is 7.08. The molecule has 1 fully saturated rings. The summed E-state index contributed by atoms with van der Waals surface area (Å²) in [5, 5.41) is 8.66. The summed E-state index contributed by atoms with van der Waals surface area (Å²) in [6.07, 6.45) is 3.41. The summed E-state index contributed by atoms with van der Waals surface area (Å²) in [5.74, 6) is 0.171. The van der Waals surface area contributed by atoms with Crippen LogP contribution in [-0.2, 0) is 4.74 Å². The lowest BCUT2D eigenvalue weighted by Crippen LogP contribution is -2.37. The van der Waals surface area contributed by atoms with Gasteiger partial charge in [0.2, 0.25) is 0 Å². The Balaban J connectivity index is 1.54. The number of anilines is 3. The molecule has 3 aromatic carbocycles. The number of hydrogen-bond donors (Lipinski definition) is 1. The zero-order chi connectivity index (χ0) is 24.1. The van der Waals surface area contributed by atoms with Crippen molar-refractivity contribution < 1.29 is 18.8 Å². The van der Waals surface area contributed by atoms with Gasteiger partial charge in [-0.25, -0.2) is 4.79 Å². The fourth-order valence-corrected chi connectivity index (χ4v) is 5.28. The molecule has 1 aliphatic carbocycles. The van der Waals surface area contributed by atoms with E-state index in [1.54, 1.807) is 12.1 Å². The largest absolute Gasteiger partial charge is 0.465 e. The highest BCUT2D eigenvalue weighted by atomic mass is 16.5. The summed E-state index contributed by atoms with van der Waals surface area (Å²) in [6.45, 7) is 3.15. The molecule has 2 aliphatic rings. The third-order valence-electron chi connectivity index (χ3n) is 7.08. The Hall–Kier alpha value is -4.13. The number of esters is 1. The SMILES string of the molecule is COC(=O)c1ccc(Nc2cc(N3CCCC[C@@H]3C)c3noc4c3c2C(=O)c2ccccc2-4)cc1. The van der Waals surface area contributed by atoms with Crippen molar-refractivity contribution in [2.45, 2.75) is 32.2 Å². The van der Waals surface area contributed by atoms with E-state index in [0.717, 1.165) is 47.2 Å². The highest BCUT2D eigenvalue weighted by Crippen LogP contribution is 2.47. The van der Waals surface area contributed by atoms with Gasteiger partial charge in [0.05, 0.1) is 35.0 Å². The van der Waals surface area contributed by atoms with Crippen molar-refractivity contribution in [3.8, 4) is 11.3 Å². The molecule has 6 rings (SSSR count). The lowest BCUT2D eigenvalue weighted by Gasteiger charge is -2.36. The van der Waals surface area contributed by atoms with E-state index in [4.69, 9.17) is 9.26 Å². The van der Waals surface area contributed by atoms with Crippen molar-refractivity contribution >= 4 is 39.7 Å². The molecule has 0 saturated carbocycles. The topological polar surface area (TPSA) is 84.7 Å². The molecule has 2 heterocycles. The summed E-state index contributed by atoms with van der Waals surface area (Å²) in [6, 6.07) is 16.9. The fourth-order valence-electron chi connectivity index (χ4n) is 5.28. The van der Waals surface area contributed by atoms with Gasteiger partial charge in [-0.15, -0.1) is 0 Å². The van der Waals surface area contributed by atoms with Crippen molar-refractivity contribution in [3.05, 3.63) is 71.3 Å². The number of methoxy groups -OCH3 is 1. The molecule has 0 amide bonds. The second kappa shape index (κ2) is 8.27. The molecule has 1 N–H and O–H groups in total. The van der Waals surface area contributed by atoms with Crippen LogP contribution in [0.4, 0.5) is 17.1 Å². The Morgan fingerprint density at radius 3 is 2.63 bits per heavy atom. The van der Waals surface area contributed by atoms with Crippen molar-refractivity contribution in [2.24, 2.45) is 0 Å². The van der Waals surface area contributed by atoms with Crippen molar-refractivity contribution in [3.63, 3.8) is 0 Å². The maximum absolute atomic E-state index is 13.8. The first-order valence-electron chi connectivity index (χ1n) is 11.9. The number of aromatic nitrogens is 1. The lowest BCUT2D eigenvalue weighted by atomic mass is 9.86. The highest BCUT2D eigenvalue weighted by molar-refractivity contribution is 6.28. The number of carbonyl (C=O) groups excluding carboxylic acids is 2. The van der Waals surface area contributed by atoms with Gasteiger partial charge in [0.25, 0.3) is 0 Å². The Morgan fingerprint density at radius 2 is 1.89 bits per heavy atom. The number of ketones is 1. The Morgan fingerprint density at radius 1 is 1.11 bits per heavy atom. The number of nitrogens with zero attached hydrogens (tertiary/aromatic N) is 2. The van der Waals surface area contributed by atoms with E-state index >= 15 is 0 Å². The number of carbonyl (C=O) groups is 2. The van der Waals surface area contributed by atoms with Gasteiger partial charge in [-0.3, -0.25) is 4.79 Å². The van der Waals surface area contributed by atoms with Crippen LogP contribution in [0.5, 0.6) is 0 Å². The molecule has 1 aliphatic heterocycles. The van der Waals surface area contributed by atoms with Crippen LogP contribution >= 0.6 is 0 Å². The van der Waals surface area contributed by atoms with E-state index in [1.165, 1.54) is 13.5 Å². The number of ether oxygens (including phenoxy) is 1. The van der Waals surface area contributed by atoms with Crippen molar-refractivity contribution in [1.29, 1.82) is 0 Å². The monoisotopic (exact) mass is 467 g/mol. The lowest BCUT2D eigenvalue weighted by molar-refractivity contribution is 0.0600. The summed E-state index contributed by atoms with van der Waals surface area (Å²) < 4.78 is 10.7. The van der Waals surface area contributed by atoms with Gasteiger partial charge in [0, 0.05) is 29.4 Å². The van der Waals surface area contributed by atoms with Gasteiger partial charge in [0.15, 0.2) is 11.5 Å². The summed E-state index contributed by atoms with van der Waals surface area (Å²) >= 11 is 0. The van der Waals surface area contributed by atoms with Crippen LogP contribution in [0.1, 0.15) is 52.5 Å². The van der Waals surface area contributed by atoms with Crippen LogP contribution in [0.2, 0.25) is 0 Å².